The number of nitrogens with one attached hydrogen (secondary N) is 1. The number of amides is 1. The van der Waals surface area contributed by atoms with Gasteiger partial charge in [-0.3, -0.25) is 19.9 Å². The Morgan fingerprint density at radius 1 is 1.27 bits per heavy atom. The number of nitro benzene ring substituents is 1. The molecule has 6 nitrogen and oxygen atoms in total. The van der Waals surface area contributed by atoms with Crippen molar-refractivity contribution in [2.75, 3.05) is 0 Å². The van der Waals surface area contributed by atoms with Gasteiger partial charge in [0.05, 0.1) is 22.2 Å². The fourth-order valence-electron chi connectivity index (χ4n) is 1.93. The van der Waals surface area contributed by atoms with Gasteiger partial charge in [0.1, 0.15) is 0 Å². The molecule has 0 aliphatic rings. The van der Waals surface area contributed by atoms with Crippen molar-refractivity contribution in [2.24, 2.45) is 0 Å². The van der Waals surface area contributed by atoms with E-state index in [9.17, 15) is 14.9 Å². The number of nitrogens with zero attached hydrogens (tertiary/aromatic N) is 2. The summed E-state index contributed by atoms with van der Waals surface area (Å²) >= 11 is 0. The van der Waals surface area contributed by atoms with Gasteiger partial charge in [0.15, 0.2) is 0 Å². The van der Waals surface area contributed by atoms with E-state index >= 15 is 0 Å². The molecule has 22 heavy (non-hydrogen) atoms. The van der Waals surface area contributed by atoms with Crippen LogP contribution in [0.1, 0.15) is 24.2 Å². The zero-order valence-electron chi connectivity index (χ0n) is 12.0. The maximum Gasteiger partial charge on any atom is 0.276 e. The summed E-state index contributed by atoms with van der Waals surface area (Å²) in [5.41, 5.74) is 1.09. The molecule has 0 aliphatic heterocycles. The van der Waals surface area contributed by atoms with E-state index in [1.807, 2.05) is 19.1 Å². The molecule has 0 aliphatic carbocycles. The van der Waals surface area contributed by atoms with Crippen molar-refractivity contribution in [3.8, 4) is 0 Å². The lowest BCUT2D eigenvalue weighted by Crippen LogP contribution is -2.25. The van der Waals surface area contributed by atoms with E-state index < -0.39 is 4.92 Å². The first-order chi connectivity index (χ1) is 10.6. The second-order valence-corrected chi connectivity index (χ2v) is 4.63. The van der Waals surface area contributed by atoms with Crippen molar-refractivity contribution in [3.63, 3.8) is 0 Å². The maximum atomic E-state index is 11.9. The summed E-state index contributed by atoms with van der Waals surface area (Å²) in [7, 11) is 0. The average molecular weight is 297 g/mol. The molecule has 1 unspecified atom stereocenters. The zero-order chi connectivity index (χ0) is 15.9. The second-order valence-electron chi connectivity index (χ2n) is 4.63. The Balaban J connectivity index is 2.05. The van der Waals surface area contributed by atoms with Crippen LogP contribution < -0.4 is 5.32 Å². The van der Waals surface area contributed by atoms with E-state index in [2.05, 4.69) is 10.3 Å². The molecule has 0 saturated carbocycles. The lowest BCUT2D eigenvalue weighted by molar-refractivity contribution is -0.385. The Morgan fingerprint density at radius 3 is 2.68 bits per heavy atom. The van der Waals surface area contributed by atoms with E-state index in [1.54, 1.807) is 30.5 Å². The lowest BCUT2D eigenvalue weighted by atomic mass is 10.1. The lowest BCUT2D eigenvalue weighted by Gasteiger charge is -2.11. The Labute approximate surface area is 127 Å². The molecule has 0 radical (unpaired) electrons. The standard InChI is InChI=1S/C16H15N3O3/c1-12(14-7-4-5-11-17-14)18-16(20)10-9-13-6-2-3-8-15(13)19(21)22/h2-12H,1H3,(H,18,20). The van der Waals surface area contributed by atoms with Crippen LogP contribution in [0.25, 0.3) is 6.08 Å². The number of benzene rings is 1. The topological polar surface area (TPSA) is 85.1 Å². The third kappa shape index (κ3) is 3.99. The summed E-state index contributed by atoms with van der Waals surface area (Å²) in [5.74, 6) is -0.337. The maximum absolute atomic E-state index is 11.9. The molecular weight excluding hydrogens is 282 g/mol. The van der Waals surface area contributed by atoms with Crippen molar-refractivity contribution in [1.82, 2.24) is 10.3 Å². The number of para-hydroxylation sites is 1. The summed E-state index contributed by atoms with van der Waals surface area (Å²) in [4.78, 5) is 26.5. The third-order valence-electron chi connectivity index (χ3n) is 3.04. The number of hydrogen-bond acceptors (Lipinski definition) is 4. The molecule has 1 heterocycles. The van der Waals surface area contributed by atoms with Crippen molar-refractivity contribution in [2.45, 2.75) is 13.0 Å². The molecule has 2 aromatic rings. The van der Waals surface area contributed by atoms with Crippen molar-refractivity contribution < 1.29 is 9.72 Å². The number of pyridine rings is 1. The predicted octanol–water partition coefficient (Wildman–Crippen LogP) is 2.88. The number of hydrogen-bond donors (Lipinski definition) is 1. The molecule has 1 aromatic carbocycles. The minimum absolute atomic E-state index is 0.0377. The quantitative estimate of drug-likeness (QED) is 0.522. The number of rotatable bonds is 5. The largest absolute Gasteiger partial charge is 0.344 e. The Morgan fingerprint density at radius 2 is 2.00 bits per heavy atom. The Hall–Kier alpha value is -3.02. The van der Waals surface area contributed by atoms with Crippen LogP contribution in [0.4, 0.5) is 5.69 Å². The fourth-order valence-corrected chi connectivity index (χ4v) is 1.93. The van der Waals surface area contributed by atoms with Crippen LogP contribution in [0, 0.1) is 10.1 Å². The summed E-state index contributed by atoms with van der Waals surface area (Å²) < 4.78 is 0. The van der Waals surface area contributed by atoms with E-state index in [1.165, 1.54) is 18.2 Å². The smallest absolute Gasteiger partial charge is 0.276 e. The molecule has 1 amide bonds. The van der Waals surface area contributed by atoms with E-state index in [0.29, 0.717) is 5.56 Å². The number of carbonyl (C=O) groups is 1. The van der Waals surface area contributed by atoms with Crippen LogP contribution in [0.5, 0.6) is 0 Å². The van der Waals surface area contributed by atoms with Gasteiger partial charge < -0.3 is 5.32 Å². The second kappa shape index (κ2) is 7.12. The van der Waals surface area contributed by atoms with Gasteiger partial charge in [-0.15, -0.1) is 0 Å². The van der Waals surface area contributed by atoms with Crippen molar-refractivity contribution in [3.05, 3.63) is 76.1 Å². The van der Waals surface area contributed by atoms with Gasteiger partial charge >= 0.3 is 0 Å². The van der Waals surface area contributed by atoms with Crippen molar-refractivity contribution in [1.29, 1.82) is 0 Å². The van der Waals surface area contributed by atoms with E-state index in [4.69, 9.17) is 0 Å². The highest BCUT2D eigenvalue weighted by molar-refractivity contribution is 5.92. The Kier molecular flexibility index (Phi) is 4.98. The zero-order valence-corrected chi connectivity index (χ0v) is 12.0. The predicted molar refractivity (Wildman–Crippen MR) is 82.9 cm³/mol. The highest BCUT2D eigenvalue weighted by atomic mass is 16.6. The molecule has 112 valence electrons. The molecule has 0 bridgehead atoms. The number of nitro groups is 1. The molecule has 6 heteroatoms. The van der Waals surface area contributed by atoms with Gasteiger partial charge in [-0.1, -0.05) is 18.2 Å². The van der Waals surface area contributed by atoms with Gasteiger partial charge in [0, 0.05) is 18.3 Å². The van der Waals surface area contributed by atoms with Gasteiger partial charge in [-0.05, 0) is 31.2 Å². The molecule has 0 fully saturated rings. The molecule has 2 rings (SSSR count). The SMILES string of the molecule is CC(NC(=O)C=Cc1ccccc1[N+](=O)[O-])c1ccccn1. The summed E-state index contributed by atoms with van der Waals surface area (Å²) in [5, 5.41) is 13.6. The van der Waals surface area contributed by atoms with E-state index in [-0.39, 0.29) is 17.6 Å². The molecule has 1 aromatic heterocycles. The first-order valence-corrected chi connectivity index (χ1v) is 6.71. The molecule has 1 atom stereocenters. The summed E-state index contributed by atoms with van der Waals surface area (Å²) in [6.45, 7) is 1.82. The van der Waals surface area contributed by atoms with Gasteiger partial charge in [-0.2, -0.15) is 0 Å². The van der Waals surface area contributed by atoms with Crippen LogP contribution in [-0.4, -0.2) is 15.8 Å². The summed E-state index contributed by atoms with van der Waals surface area (Å²) in [6.07, 6.45) is 4.36. The highest BCUT2D eigenvalue weighted by Crippen LogP contribution is 2.18. The highest BCUT2D eigenvalue weighted by Gasteiger charge is 2.11. The average Bonchev–Trinajstić information content (AvgIpc) is 2.54. The van der Waals surface area contributed by atoms with Crippen LogP contribution in [0.2, 0.25) is 0 Å². The van der Waals surface area contributed by atoms with E-state index in [0.717, 1.165) is 5.69 Å². The first-order valence-electron chi connectivity index (χ1n) is 6.71. The third-order valence-corrected chi connectivity index (χ3v) is 3.04. The molecule has 1 N–H and O–H groups in total. The van der Waals surface area contributed by atoms with Gasteiger partial charge in [-0.25, -0.2) is 0 Å². The first kappa shape index (κ1) is 15.4. The minimum Gasteiger partial charge on any atom is -0.344 e. The molecular formula is C16H15N3O3. The fraction of sp³-hybridized carbons (Fsp3) is 0.125. The summed E-state index contributed by atoms with van der Waals surface area (Å²) in [6, 6.07) is 11.5. The van der Waals surface area contributed by atoms with Crippen LogP contribution in [-0.2, 0) is 4.79 Å². The van der Waals surface area contributed by atoms with Crippen LogP contribution in [0.3, 0.4) is 0 Å². The number of carbonyl (C=O) groups excluding carboxylic acids is 1. The minimum atomic E-state index is -0.478. The normalized spacial score (nSPS) is 12.0. The van der Waals surface area contributed by atoms with Crippen LogP contribution >= 0.6 is 0 Å². The number of aromatic nitrogens is 1. The monoisotopic (exact) mass is 297 g/mol. The van der Waals surface area contributed by atoms with Gasteiger partial charge in [0.2, 0.25) is 5.91 Å². The van der Waals surface area contributed by atoms with Gasteiger partial charge in [0.25, 0.3) is 5.69 Å². The van der Waals surface area contributed by atoms with Crippen molar-refractivity contribution >= 4 is 17.7 Å². The van der Waals surface area contributed by atoms with Crippen LogP contribution in [0.15, 0.2) is 54.7 Å². The molecule has 0 spiro atoms. The Bertz CT molecular complexity index is 699. The molecule has 0 saturated heterocycles.